The Balaban J connectivity index is 2.61. The van der Waals surface area contributed by atoms with Crippen LogP contribution in [0.5, 0.6) is 5.75 Å². The van der Waals surface area contributed by atoms with E-state index in [4.69, 9.17) is 9.52 Å². The van der Waals surface area contributed by atoms with E-state index >= 15 is 0 Å². The van der Waals surface area contributed by atoms with E-state index in [0.717, 1.165) is 0 Å². The van der Waals surface area contributed by atoms with Gasteiger partial charge in [-0.2, -0.15) is 0 Å². The SMILES string of the molecule is O=C(O)c1cc(O)ccc1-c1ccco1. The number of rotatable bonds is 2. The molecule has 4 heteroatoms. The molecule has 0 aliphatic rings. The summed E-state index contributed by atoms with van der Waals surface area (Å²) < 4.78 is 5.11. The van der Waals surface area contributed by atoms with Gasteiger partial charge in [0.25, 0.3) is 0 Å². The standard InChI is InChI=1S/C11H8O4/c12-7-3-4-8(9(6-7)11(13)14)10-2-1-5-15-10/h1-6,12H,(H,13,14). The van der Waals surface area contributed by atoms with Crippen molar-refractivity contribution in [3.63, 3.8) is 0 Å². The molecular formula is C11H8O4. The normalized spacial score (nSPS) is 10.1. The van der Waals surface area contributed by atoms with Crippen LogP contribution in [0.1, 0.15) is 10.4 Å². The van der Waals surface area contributed by atoms with Crippen LogP contribution in [0.4, 0.5) is 0 Å². The molecule has 0 spiro atoms. The van der Waals surface area contributed by atoms with Gasteiger partial charge in [0.2, 0.25) is 0 Å². The molecular weight excluding hydrogens is 196 g/mol. The van der Waals surface area contributed by atoms with Gasteiger partial charge < -0.3 is 14.6 Å². The third-order valence-electron chi connectivity index (χ3n) is 2.02. The van der Waals surface area contributed by atoms with Crippen LogP contribution < -0.4 is 0 Å². The molecule has 0 fully saturated rings. The van der Waals surface area contributed by atoms with Gasteiger partial charge in [0, 0.05) is 5.56 Å². The van der Waals surface area contributed by atoms with Gasteiger partial charge in [-0.05, 0) is 30.3 Å². The molecule has 0 aliphatic heterocycles. The zero-order valence-electron chi connectivity index (χ0n) is 7.68. The molecule has 0 aliphatic carbocycles. The van der Waals surface area contributed by atoms with E-state index in [1.54, 1.807) is 12.1 Å². The molecule has 76 valence electrons. The van der Waals surface area contributed by atoms with E-state index in [2.05, 4.69) is 0 Å². The summed E-state index contributed by atoms with van der Waals surface area (Å²) in [5.41, 5.74) is 0.468. The first kappa shape index (κ1) is 9.33. The summed E-state index contributed by atoms with van der Waals surface area (Å²) in [5, 5.41) is 18.1. The Morgan fingerprint density at radius 3 is 2.67 bits per heavy atom. The molecule has 2 rings (SSSR count). The Morgan fingerprint density at radius 2 is 2.07 bits per heavy atom. The van der Waals surface area contributed by atoms with Gasteiger partial charge in [0.1, 0.15) is 11.5 Å². The number of phenolic OH excluding ortho intramolecular Hbond substituents is 1. The molecule has 1 heterocycles. The van der Waals surface area contributed by atoms with E-state index in [-0.39, 0.29) is 11.3 Å². The second-order valence-electron chi connectivity index (χ2n) is 3.01. The van der Waals surface area contributed by atoms with Crippen LogP contribution in [0, 0.1) is 0 Å². The van der Waals surface area contributed by atoms with Crippen molar-refractivity contribution in [2.24, 2.45) is 0 Å². The Hall–Kier alpha value is -2.23. The monoisotopic (exact) mass is 204 g/mol. The second-order valence-corrected chi connectivity index (χ2v) is 3.01. The number of carboxylic acid groups (broad SMARTS) is 1. The van der Waals surface area contributed by atoms with Gasteiger partial charge in [-0.15, -0.1) is 0 Å². The Labute approximate surface area is 85.4 Å². The summed E-state index contributed by atoms with van der Waals surface area (Å²) in [7, 11) is 0. The van der Waals surface area contributed by atoms with E-state index in [1.807, 2.05) is 0 Å². The summed E-state index contributed by atoms with van der Waals surface area (Å²) in [6.07, 6.45) is 1.47. The van der Waals surface area contributed by atoms with Crippen molar-refractivity contribution in [1.82, 2.24) is 0 Å². The topological polar surface area (TPSA) is 70.7 Å². The summed E-state index contributed by atoms with van der Waals surface area (Å²) >= 11 is 0. The van der Waals surface area contributed by atoms with Crippen molar-refractivity contribution in [3.8, 4) is 17.1 Å². The van der Waals surface area contributed by atoms with Crippen molar-refractivity contribution in [2.75, 3.05) is 0 Å². The molecule has 2 N–H and O–H groups in total. The van der Waals surface area contributed by atoms with Crippen molar-refractivity contribution in [2.45, 2.75) is 0 Å². The Morgan fingerprint density at radius 1 is 1.27 bits per heavy atom. The zero-order chi connectivity index (χ0) is 10.8. The smallest absolute Gasteiger partial charge is 0.336 e. The highest BCUT2D eigenvalue weighted by Crippen LogP contribution is 2.27. The summed E-state index contributed by atoms with van der Waals surface area (Å²) in [5.74, 6) is -0.715. The molecule has 0 radical (unpaired) electrons. The molecule has 0 amide bonds. The lowest BCUT2D eigenvalue weighted by molar-refractivity contribution is 0.0697. The maximum absolute atomic E-state index is 10.9. The number of aromatic carboxylic acids is 1. The van der Waals surface area contributed by atoms with Gasteiger partial charge in [-0.25, -0.2) is 4.79 Å². The largest absolute Gasteiger partial charge is 0.508 e. The van der Waals surface area contributed by atoms with Crippen molar-refractivity contribution < 1.29 is 19.4 Å². The average Bonchev–Trinajstić information content (AvgIpc) is 2.70. The number of aromatic hydroxyl groups is 1. The minimum absolute atomic E-state index is 0.0185. The molecule has 15 heavy (non-hydrogen) atoms. The van der Waals surface area contributed by atoms with Crippen molar-refractivity contribution in [1.29, 1.82) is 0 Å². The number of hydrogen-bond donors (Lipinski definition) is 2. The van der Waals surface area contributed by atoms with E-state index in [9.17, 15) is 9.90 Å². The molecule has 0 unspecified atom stereocenters. The minimum atomic E-state index is -1.10. The fraction of sp³-hybridized carbons (Fsp3) is 0. The van der Waals surface area contributed by atoms with Crippen molar-refractivity contribution >= 4 is 5.97 Å². The maximum atomic E-state index is 10.9. The molecule has 1 aromatic heterocycles. The first-order valence-corrected chi connectivity index (χ1v) is 4.28. The van der Waals surface area contributed by atoms with Crippen LogP contribution in [0.3, 0.4) is 0 Å². The van der Waals surface area contributed by atoms with E-state index in [0.29, 0.717) is 11.3 Å². The predicted molar refractivity (Wildman–Crippen MR) is 52.8 cm³/mol. The summed E-state index contributed by atoms with van der Waals surface area (Å²) in [4.78, 5) is 10.9. The molecule has 1 aromatic carbocycles. The number of benzene rings is 1. The van der Waals surface area contributed by atoms with Crippen LogP contribution in [-0.2, 0) is 0 Å². The van der Waals surface area contributed by atoms with Crippen LogP contribution in [0.2, 0.25) is 0 Å². The van der Waals surface area contributed by atoms with Crippen LogP contribution in [0.15, 0.2) is 41.0 Å². The Bertz CT molecular complexity index is 485. The lowest BCUT2D eigenvalue weighted by Gasteiger charge is -2.03. The highest BCUT2D eigenvalue weighted by molar-refractivity contribution is 5.95. The predicted octanol–water partition coefficient (Wildman–Crippen LogP) is 2.35. The second kappa shape index (κ2) is 3.49. The van der Waals surface area contributed by atoms with Crippen LogP contribution >= 0.6 is 0 Å². The highest BCUT2D eigenvalue weighted by atomic mass is 16.4. The Kier molecular flexibility index (Phi) is 2.17. The lowest BCUT2D eigenvalue weighted by atomic mass is 10.1. The summed E-state index contributed by atoms with van der Waals surface area (Å²) in [6, 6.07) is 7.47. The zero-order valence-corrected chi connectivity index (χ0v) is 7.68. The van der Waals surface area contributed by atoms with E-state index in [1.165, 1.54) is 24.5 Å². The average molecular weight is 204 g/mol. The minimum Gasteiger partial charge on any atom is -0.508 e. The van der Waals surface area contributed by atoms with Gasteiger partial charge in [0.15, 0.2) is 0 Å². The van der Waals surface area contributed by atoms with E-state index < -0.39 is 5.97 Å². The van der Waals surface area contributed by atoms with Crippen molar-refractivity contribution in [3.05, 3.63) is 42.2 Å². The first-order valence-electron chi connectivity index (χ1n) is 4.28. The van der Waals surface area contributed by atoms with Crippen LogP contribution in [-0.4, -0.2) is 16.2 Å². The molecule has 0 atom stereocenters. The van der Waals surface area contributed by atoms with Gasteiger partial charge in [-0.1, -0.05) is 0 Å². The molecule has 0 saturated carbocycles. The third-order valence-corrected chi connectivity index (χ3v) is 2.02. The molecule has 2 aromatic rings. The molecule has 0 saturated heterocycles. The number of carbonyl (C=O) groups is 1. The number of carboxylic acids is 1. The fourth-order valence-corrected chi connectivity index (χ4v) is 1.36. The van der Waals surface area contributed by atoms with Gasteiger partial charge in [-0.3, -0.25) is 0 Å². The molecule has 0 bridgehead atoms. The number of furan rings is 1. The maximum Gasteiger partial charge on any atom is 0.336 e. The number of hydrogen-bond acceptors (Lipinski definition) is 3. The van der Waals surface area contributed by atoms with Crippen LogP contribution in [0.25, 0.3) is 11.3 Å². The highest BCUT2D eigenvalue weighted by Gasteiger charge is 2.14. The quantitative estimate of drug-likeness (QED) is 0.787. The first-order chi connectivity index (χ1) is 7.18. The number of phenols is 1. The lowest BCUT2D eigenvalue weighted by Crippen LogP contribution is -1.98. The third kappa shape index (κ3) is 1.69. The summed E-state index contributed by atoms with van der Waals surface area (Å²) in [6.45, 7) is 0. The van der Waals surface area contributed by atoms with Gasteiger partial charge in [0.05, 0.1) is 11.8 Å². The van der Waals surface area contributed by atoms with Gasteiger partial charge >= 0.3 is 5.97 Å². The fourth-order valence-electron chi connectivity index (χ4n) is 1.36. The molecule has 4 nitrogen and oxygen atoms in total.